The molecule has 0 bridgehead atoms. The number of carboxylic acid groups (broad SMARTS) is 1. The van der Waals surface area contributed by atoms with Gasteiger partial charge in [0.2, 0.25) is 0 Å². The first-order valence-electron chi connectivity index (χ1n) is 8.46. The Bertz CT molecular complexity index is 933. The number of carbonyl (C=O) groups excluding carboxylic acids is 1. The van der Waals surface area contributed by atoms with E-state index < -0.39 is 6.09 Å². The summed E-state index contributed by atoms with van der Waals surface area (Å²) in [6, 6.07) is 5.95. The second kappa shape index (κ2) is 6.63. The Morgan fingerprint density at radius 1 is 1.35 bits per heavy atom. The molecule has 1 aromatic carbocycles. The van der Waals surface area contributed by atoms with Crippen LogP contribution in [-0.2, 0) is 4.79 Å². The molecule has 1 fully saturated rings. The second-order valence-corrected chi connectivity index (χ2v) is 7.50. The zero-order chi connectivity index (χ0) is 18.3. The highest BCUT2D eigenvalue weighted by Gasteiger charge is 2.35. The molecular formula is C18H17BrN4O3. The van der Waals surface area contributed by atoms with Gasteiger partial charge in [-0.2, -0.15) is 0 Å². The van der Waals surface area contributed by atoms with Gasteiger partial charge in [0.1, 0.15) is 0 Å². The molecule has 4 rings (SSSR count). The third kappa shape index (κ3) is 2.91. The number of anilines is 2. The predicted octanol–water partition coefficient (Wildman–Crippen LogP) is 3.48. The van der Waals surface area contributed by atoms with E-state index in [1.807, 2.05) is 29.0 Å². The molecule has 3 N–H and O–H groups in total. The van der Waals surface area contributed by atoms with Gasteiger partial charge in [0.15, 0.2) is 11.8 Å². The van der Waals surface area contributed by atoms with Crippen LogP contribution in [0.25, 0.3) is 10.9 Å². The van der Waals surface area contributed by atoms with E-state index in [1.54, 1.807) is 6.20 Å². The molecule has 7 nitrogen and oxygen atoms in total. The maximum atomic E-state index is 11.6. The number of carbonyl (C=O) groups is 1. The minimum atomic E-state index is -0.989. The van der Waals surface area contributed by atoms with Crippen molar-refractivity contribution in [2.75, 3.05) is 10.2 Å². The van der Waals surface area contributed by atoms with Gasteiger partial charge in [-0.1, -0.05) is 15.9 Å². The van der Waals surface area contributed by atoms with Crippen LogP contribution in [0.15, 0.2) is 34.7 Å². The number of halogens is 1. The van der Waals surface area contributed by atoms with Crippen molar-refractivity contribution >= 4 is 50.2 Å². The number of hydrogen-bond donors (Lipinski definition) is 3. The third-order valence-corrected chi connectivity index (χ3v) is 5.52. The molecule has 1 aromatic heterocycles. The fraction of sp³-hybridized carbons (Fsp3) is 0.333. The van der Waals surface area contributed by atoms with Crippen molar-refractivity contribution in [1.29, 1.82) is 0 Å². The first kappa shape index (κ1) is 16.9. The van der Waals surface area contributed by atoms with Crippen molar-refractivity contribution in [3.8, 4) is 0 Å². The zero-order valence-electron chi connectivity index (χ0n) is 13.8. The normalized spacial score (nSPS) is 21.9. The quantitative estimate of drug-likeness (QED) is 0.648. The molecule has 134 valence electrons. The molecule has 1 saturated carbocycles. The van der Waals surface area contributed by atoms with E-state index in [0.717, 1.165) is 52.4 Å². The average molecular weight is 417 g/mol. The SMILES string of the molecule is O=C=C1Nc2cnc3ccc(Br)cc3c2N1[C@H]1CC[C@H](NC(=O)O)CC1. The Balaban J connectivity index is 1.70. The number of rotatable bonds is 2. The van der Waals surface area contributed by atoms with Gasteiger partial charge in [-0.05, 0) is 43.9 Å². The predicted molar refractivity (Wildman–Crippen MR) is 102 cm³/mol. The summed E-state index contributed by atoms with van der Waals surface area (Å²) in [7, 11) is 0. The maximum Gasteiger partial charge on any atom is 0.404 e. The standard InChI is InChI=1S/C18H17BrN4O3/c19-10-1-6-14-13(7-10)17-15(8-20-14)22-16(9-24)23(17)12-4-2-11(3-5-12)21-18(25)26/h1,6-8,11-12,21-22H,2-5H2,(H,25,26)/t11-,12-. The van der Waals surface area contributed by atoms with Gasteiger partial charge >= 0.3 is 6.09 Å². The van der Waals surface area contributed by atoms with E-state index in [1.165, 1.54) is 0 Å². The van der Waals surface area contributed by atoms with Gasteiger partial charge in [-0.3, -0.25) is 4.98 Å². The van der Waals surface area contributed by atoms with E-state index in [0.29, 0.717) is 5.82 Å². The lowest BCUT2D eigenvalue weighted by Crippen LogP contribution is -2.43. The number of amides is 1. The van der Waals surface area contributed by atoms with Crippen LogP contribution in [0.2, 0.25) is 0 Å². The van der Waals surface area contributed by atoms with Gasteiger partial charge < -0.3 is 20.6 Å². The van der Waals surface area contributed by atoms with Crippen LogP contribution in [0.5, 0.6) is 0 Å². The van der Waals surface area contributed by atoms with Crippen LogP contribution in [0.4, 0.5) is 16.2 Å². The molecule has 2 aromatic rings. The van der Waals surface area contributed by atoms with Gasteiger partial charge in [0.05, 0.1) is 23.1 Å². The molecule has 26 heavy (non-hydrogen) atoms. The molecule has 1 aliphatic carbocycles. The van der Waals surface area contributed by atoms with Gasteiger partial charge in [0, 0.05) is 21.9 Å². The minimum absolute atomic E-state index is 0.0363. The van der Waals surface area contributed by atoms with E-state index in [4.69, 9.17) is 5.11 Å². The highest BCUT2D eigenvalue weighted by atomic mass is 79.9. The molecule has 0 saturated heterocycles. The van der Waals surface area contributed by atoms with Crippen molar-refractivity contribution in [1.82, 2.24) is 10.3 Å². The zero-order valence-corrected chi connectivity index (χ0v) is 15.4. The first-order valence-corrected chi connectivity index (χ1v) is 9.25. The number of nitrogens with one attached hydrogen (secondary N) is 2. The van der Waals surface area contributed by atoms with E-state index in [9.17, 15) is 9.59 Å². The lowest BCUT2D eigenvalue weighted by Gasteiger charge is -2.35. The molecule has 0 atom stereocenters. The summed E-state index contributed by atoms with van der Waals surface area (Å²) in [6.45, 7) is 0. The van der Waals surface area contributed by atoms with Crippen LogP contribution in [0, 0.1) is 0 Å². The van der Waals surface area contributed by atoms with Crippen molar-refractivity contribution in [3.05, 3.63) is 34.7 Å². The van der Waals surface area contributed by atoms with Gasteiger partial charge in [-0.15, -0.1) is 0 Å². The summed E-state index contributed by atoms with van der Waals surface area (Å²) >= 11 is 3.50. The summed E-state index contributed by atoms with van der Waals surface area (Å²) in [6.07, 6.45) is 3.80. The minimum Gasteiger partial charge on any atom is -0.465 e. The number of hydrogen-bond acceptors (Lipinski definition) is 5. The second-order valence-electron chi connectivity index (χ2n) is 6.58. The van der Waals surface area contributed by atoms with Crippen molar-refractivity contribution in [3.63, 3.8) is 0 Å². The fourth-order valence-electron chi connectivity index (χ4n) is 3.89. The molecule has 0 radical (unpaired) electrons. The van der Waals surface area contributed by atoms with Gasteiger partial charge in [-0.25, -0.2) is 9.59 Å². The van der Waals surface area contributed by atoms with Crippen LogP contribution < -0.4 is 15.5 Å². The summed E-state index contributed by atoms with van der Waals surface area (Å²) < 4.78 is 0.943. The Labute approximate surface area is 158 Å². The maximum absolute atomic E-state index is 11.6. The molecule has 2 aliphatic rings. The average Bonchev–Trinajstić information content (AvgIpc) is 3.01. The molecule has 0 unspecified atom stereocenters. The summed E-state index contributed by atoms with van der Waals surface area (Å²) in [4.78, 5) is 28.9. The lowest BCUT2D eigenvalue weighted by molar-refractivity contribution is 0.185. The Morgan fingerprint density at radius 2 is 2.12 bits per heavy atom. The first-order chi connectivity index (χ1) is 12.6. The van der Waals surface area contributed by atoms with Crippen LogP contribution in [-0.4, -0.2) is 34.2 Å². The summed E-state index contributed by atoms with van der Waals surface area (Å²) in [5, 5.41) is 15.5. The molecule has 2 heterocycles. The van der Waals surface area contributed by atoms with Crippen molar-refractivity contribution in [2.24, 2.45) is 0 Å². The number of benzene rings is 1. The van der Waals surface area contributed by atoms with Crippen molar-refractivity contribution in [2.45, 2.75) is 37.8 Å². The van der Waals surface area contributed by atoms with Crippen LogP contribution in [0.3, 0.4) is 0 Å². The fourth-order valence-corrected chi connectivity index (χ4v) is 4.26. The molecule has 1 aliphatic heterocycles. The highest BCUT2D eigenvalue weighted by Crippen LogP contribution is 2.44. The monoisotopic (exact) mass is 416 g/mol. The number of nitrogens with zero attached hydrogens (tertiary/aromatic N) is 2. The molecule has 0 spiro atoms. The largest absolute Gasteiger partial charge is 0.465 e. The van der Waals surface area contributed by atoms with E-state index in [2.05, 4.69) is 31.5 Å². The highest BCUT2D eigenvalue weighted by molar-refractivity contribution is 9.10. The number of fused-ring (bicyclic) bond motifs is 3. The van der Waals surface area contributed by atoms with Crippen molar-refractivity contribution < 1.29 is 14.7 Å². The van der Waals surface area contributed by atoms with E-state index in [-0.39, 0.29) is 12.1 Å². The Kier molecular flexibility index (Phi) is 4.30. The Morgan fingerprint density at radius 3 is 2.81 bits per heavy atom. The molecule has 1 amide bonds. The van der Waals surface area contributed by atoms with E-state index >= 15 is 0 Å². The topological polar surface area (TPSA) is 94.6 Å². The van der Waals surface area contributed by atoms with Crippen LogP contribution >= 0.6 is 15.9 Å². The smallest absolute Gasteiger partial charge is 0.404 e. The lowest BCUT2D eigenvalue weighted by atomic mass is 9.90. The summed E-state index contributed by atoms with van der Waals surface area (Å²) in [5.74, 6) is 2.41. The number of aromatic nitrogens is 1. The molecule has 8 heteroatoms. The third-order valence-electron chi connectivity index (χ3n) is 5.02. The Hall–Kier alpha value is -2.57. The summed E-state index contributed by atoms with van der Waals surface area (Å²) in [5.41, 5.74) is 2.58. The number of pyridine rings is 1. The van der Waals surface area contributed by atoms with Gasteiger partial charge in [0.25, 0.3) is 0 Å². The van der Waals surface area contributed by atoms with Crippen LogP contribution in [0.1, 0.15) is 25.7 Å². The molecular weight excluding hydrogens is 400 g/mol.